The Hall–Kier alpha value is -3.33. The molecule has 1 N–H and O–H groups in total. The summed E-state index contributed by atoms with van der Waals surface area (Å²) in [7, 11) is 1.27. The third-order valence-corrected chi connectivity index (χ3v) is 5.31. The van der Waals surface area contributed by atoms with Gasteiger partial charge in [-0.25, -0.2) is 9.78 Å². The summed E-state index contributed by atoms with van der Waals surface area (Å²) in [5, 5.41) is 2.93. The fourth-order valence-electron chi connectivity index (χ4n) is 2.75. The molecule has 0 aliphatic rings. The number of amides is 1. The zero-order chi connectivity index (χ0) is 20.4. The molecule has 3 aromatic rings. The van der Waals surface area contributed by atoms with Gasteiger partial charge in [0.25, 0.3) is 5.56 Å². The lowest BCUT2D eigenvalue weighted by Crippen LogP contribution is -2.24. The average Bonchev–Trinajstić information content (AvgIpc) is 3.00. The molecule has 2 heterocycles. The Morgan fingerprint density at radius 3 is 2.50 bits per heavy atom. The number of hydrogen-bond acceptors (Lipinski definition) is 7. The largest absolute Gasteiger partial charge is 0.465 e. The van der Waals surface area contributed by atoms with Gasteiger partial charge in [0.05, 0.1) is 25.4 Å². The predicted octanol–water partition coefficient (Wildman–Crippen LogP) is 2.39. The molecule has 0 unspecified atom stereocenters. The first-order chi connectivity index (χ1) is 13.3. The van der Waals surface area contributed by atoms with Gasteiger partial charge in [0.2, 0.25) is 5.91 Å². The number of Topliss-reactive ketones (excluding diaryl/α,β-unsaturated/α-hetero) is 1. The van der Waals surface area contributed by atoms with Crippen LogP contribution in [-0.2, 0) is 16.1 Å². The molecule has 0 aliphatic carbocycles. The Labute approximate surface area is 163 Å². The highest BCUT2D eigenvalue weighted by Gasteiger charge is 2.20. The topological polar surface area (TPSA) is 107 Å². The molecule has 1 aromatic carbocycles. The minimum Gasteiger partial charge on any atom is -0.465 e. The fourth-order valence-corrected chi connectivity index (χ4v) is 3.81. The predicted molar refractivity (Wildman–Crippen MR) is 105 cm³/mol. The van der Waals surface area contributed by atoms with E-state index in [0.717, 1.165) is 11.3 Å². The Morgan fingerprint density at radius 2 is 1.89 bits per heavy atom. The first-order valence-electron chi connectivity index (χ1n) is 8.29. The number of anilines is 1. The summed E-state index contributed by atoms with van der Waals surface area (Å²) in [4.78, 5) is 53.2. The van der Waals surface area contributed by atoms with Gasteiger partial charge in [0.1, 0.15) is 9.71 Å². The number of esters is 1. The molecule has 0 aliphatic heterocycles. The number of rotatable bonds is 5. The van der Waals surface area contributed by atoms with Gasteiger partial charge in [0.15, 0.2) is 5.78 Å². The van der Waals surface area contributed by atoms with Crippen LogP contribution >= 0.6 is 11.3 Å². The number of methoxy groups -OCH3 is 1. The van der Waals surface area contributed by atoms with Gasteiger partial charge in [-0.1, -0.05) is 0 Å². The number of nitrogens with one attached hydrogen (secondary N) is 1. The summed E-state index contributed by atoms with van der Waals surface area (Å²) in [6.07, 6.45) is 1.30. The average molecular weight is 399 g/mol. The second-order valence-corrected chi connectivity index (χ2v) is 7.09. The lowest BCUT2D eigenvalue weighted by Gasteiger charge is -2.06. The fraction of sp³-hybridized carbons (Fsp3) is 0.211. The normalized spacial score (nSPS) is 10.7. The summed E-state index contributed by atoms with van der Waals surface area (Å²) < 4.78 is 5.94. The molecule has 3 rings (SSSR count). The van der Waals surface area contributed by atoms with Crippen LogP contribution < -0.4 is 10.9 Å². The number of ether oxygens (including phenoxy) is 1. The highest BCUT2D eigenvalue weighted by Crippen LogP contribution is 2.27. The number of benzene rings is 1. The first kappa shape index (κ1) is 19.4. The van der Waals surface area contributed by atoms with Crippen LogP contribution in [0, 0.1) is 6.92 Å². The van der Waals surface area contributed by atoms with Gasteiger partial charge in [-0.05, 0) is 36.8 Å². The van der Waals surface area contributed by atoms with Crippen molar-refractivity contribution in [2.75, 3.05) is 12.4 Å². The molecule has 0 saturated carbocycles. The zero-order valence-electron chi connectivity index (χ0n) is 15.4. The second-order valence-electron chi connectivity index (χ2n) is 6.09. The summed E-state index contributed by atoms with van der Waals surface area (Å²) >= 11 is 1.08. The number of carbonyl (C=O) groups is 3. The van der Waals surface area contributed by atoms with E-state index in [1.807, 2.05) is 0 Å². The first-order valence-corrected chi connectivity index (χ1v) is 9.11. The smallest absolute Gasteiger partial charge is 0.348 e. The molecule has 8 nitrogen and oxygen atoms in total. The molecular weight excluding hydrogens is 382 g/mol. The van der Waals surface area contributed by atoms with Gasteiger partial charge < -0.3 is 10.1 Å². The molecule has 0 radical (unpaired) electrons. The molecule has 9 heteroatoms. The van der Waals surface area contributed by atoms with Crippen LogP contribution in [0.2, 0.25) is 0 Å². The van der Waals surface area contributed by atoms with Crippen LogP contribution in [-0.4, -0.2) is 34.3 Å². The minimum absolute atomic E-state index is 0.190. The minimum atomic E-state index is -0.526. The lowest BCUT2D eigenvalue weighted by molar-refractivity contribution is -0.114. The van der Waals surface area contributed by atoms with Crippen molar-refractivity contribution in [2.45, 2.75) is 20.4 Å². The standard InChI is InChI=1S/C19H17N3O5S/c1-10-15-17(28-16(10)19(26)27-3)20-9-22(18(15)25)8-14(24)12-4-6-13(7-5-12)21-11(2)23/h4-7,9H,8H2,1-3H3,(H,21,23). The molecule has 144 valence electrons. The van der Waals surface area contributed by atoms with E-state index in [1.165, 1.54) is 24.9 Å². The van der Waals surface area contributed by atoms with Crippen molar-refractivity contribution in [3.05, 3.63) is 57.0 Å². The molecule has 0 saturated heterocycles. The maximum absolute atomic E-state index is 12.8. The second kappa shape index (κ2) is 7.73. The number of aryl methyl sites for hydroxylation is 1. The molecule has 0 bridgehead atoms. The van der Waals surface area contributed by atoms with E-state index in [-0.39, 0.29) is 18.2 Å². The number of fused-ring (bicyclic) bond motifs is 1. The number of aromatic nitrogens is 2. The maximum atomic E-state index is 12.8. The van der Waals surface area contributed by atoms with Crippen LogP contribution in [0.15, 0.2) is 35.4 Å². The van der Waals surface area contributed by atoms with E-state index < -0.39 is 11.5 Å². The molecule has 0 fully saturated rings. The van der Waals surface area contributed by atoms with Gasteiger partial charge in [-0.2, -0.15) is 0 Å². The molecular formula is C19H17N3O5S. The molecule has 2 aromatic heterocycles. The number of carbonyl (C=O) groups excluding carboxylic acids is 3. The van der Waals surface area contributed by atoms with Crippen LogP contribution in [0.1, 0.15) is 32.5 Å². The highest BCUT2D eigenvalue weighted by molar-refractivity contribution is 7.20. The monoisotopic (exact) mass is 399 g/mol. The van der Waals surface area contributed by atoms with Crippen molar-refractivity contribution in [3.8, 4) is 0 Å². The summed E-state index contributed by atoms with van der Waals surface area (Å²) in [5.41, 5.74) is 1.08. The number of hydrogen-bond donors (Lipinski definition) is 1. The number of thiophene rings is 1. The number of nitrogens with zero attached hydrogens (tertiary/aromatic N) is 2. The third kappa shape index (κ3) is 3.70. The van der Waals surface area contributed by atoms with Crippen LogP contribution in [0.4, 0.5) is 5.69 Å². The Bertz CT molecular complexity index is 1140. The van der Waals surface area contributed by atoms with E-state index >= 15 is 0 Å². The highest BCUT2D eigenvalue weighted by atomic mass is 32.1. The van der Waals surface area contributed by atoms with Gasteiger partial charge >= 0.3 is 5.97 Å². The summed E-state index contributed by atoms with van der Waals surface area (Å²) in [6.45, 7) is 2.86. The molecule has 0 atom stereocenters. The van der Waals surface area contributed by atoms with Crippen LogP contribution in [0.5, 0.6) is 0 Å². The van der Waals surface area contributed by atoms with Crippen molar-refractivity contribution < 1.29 is 19.1 Å². The van der Waals surface area contributed by atoms with Crippen molar-refractivity contribution in [2.24, 2.45) is 0 Å². The Balaban J connectivity index is 1.90. The summed E-state index contributed by atoms with van der Waals surface area (Å²) in [6, 6.07) is 6.39. The van der Waals surface area contributed by atoms with E-state index in [1.54, 1.807) is 31.2 Å². The summed E-state index contributed by atoms with van der Waals surface area (Å²) in [5.74, 6) is -1.01. The van der Waals surface area contributed by atoms with Gasteiger partial charge in [-0.15, -0.1) is 11.3 Å². The lowest BCUT2D eigenvalue weighted by atomic mass is 10.1. The molecule has 1 amide bonds. The van der Waals surface area contributed by atoms with Gasteiger partial charge in [0, 0.05) is 18.2 Å². The van der Waals surface area contributed by atoms with Crippen LogP contribution in [0.3, 0.4) is 0 Å². The van der Waals surface area contributed by atoms with E-state index in [0.29, 0.717) is 31.9 Å². The van der Waals surface area contributed by atoms with E-state index in [4.69, 9.17) is 4.74 Å². The maximum Gasteiger partial charge on any atom is 0.348 e. The number of ketones is 1. The quantitative estimate of drug-likeness (QED) is 0.521. The SMILES string of the molecule is COC(=O)c1sc2ncn(CC(=O)c3ccc(NC(C)=O)cc3)c(=O)c2c1C. The van der Waals surface area contributed by atoms with E-state index in [9.17, 15) is 19.2 Å². The van der Waals surface area contributed by atoms with Gasteiger partial charge in [-0.3, -0.25) is 19.0 Å². The zero-order valence-corrected chi connectivity index (χ0v) is 16.3. The van der Waals surface area contributed by atoms with Crippen molar-refractivity contribution in [1.29, 1.82) is 0 Å². The third-order valence-electron chi connectivity index (χ3n) is 4.13. The van der Waals surface area contributed by atoms with Crippen molar-refractivity contribution in [1.82, 2.24) is 9.55 Å². The Kier molecular flexibility index (Phi) is 5.36. The Morgan fingerprint density at radius 1 is 1.21 bits per heavy atom. The molecule has 28 heavy (non-hydrogen) atoms. The van der Waals surface area contributed by atoms with Crippen molar-refractivity contribution in [3.63, 3.8) is 0 Å². The van der Waals surface area contributed by atoms with Crippen LogP contribution in [0.25, 0.3) is 10.2 Å². The molecule has 0 spiro atoms. The van der Waals surface area contributed by atoms with Crippen molar-refractivity contribution >= 4 is 44.9 Å². The van der Waals surface area contributed by atoms with E-state index in [2.05, 4.69) is 10.3 Å².